The largest absolute Gasteiger partial charge is 0.241 e. The minimum absolute atomic E-state index is 0.596. The highest BCUT2D eigenvalue weighted by atomic mass is 35.5. The molecule has 1 aromatic heterocycles. The van der Waals surface area contributed by atoms with Crippen molar-refractivity contribution in [2.45, 2.75) is 12.8 Å². The second kappa shape index (κ2) is 2.67. The molecule has 1 aliphatic rings. The topological polar surface area (TPSA) is 12.9 Å². The van der Waals surface area contributed by atoms with Crippen molar-refractivity contribution in [2.24, 2.45) is 0 Å². The minimum Gasteiger partial charge on any atom is -0.241 e. The summed E-state index contributed by atoms with van der Waals surface area (Å²) in [5, 5.41) is 0.596. The summed E-state index contributed by atoms with van der Waals surface area (Å²) in [6.07, 6.45) is 6.37. The van der Waals surface area contributed by atoms with Crippen LogP contribution in [0.25, 0.3) is 6.08 Å². The van der Waals surface area contributed by atoms with Gasteiger partial charge in [0.1, 0.15) is 5.15 Å². The second-order valence-electron chi connectivity index (χ2n) is 2.61. The number of aryl methyl sites for hydroxylation is 1. The number of allylic oxidation sites excluding steroid dienone is 1. The first-order valence-electron chi connectivity index (χ1n) is 3.68. The Labute approximate surface area is 70.7 Å². The van der Waals surface area contributed by atoms with Gasteiger partial charge in [-0.25, -0.2) is 4.98 Å². The van der Waals surface area contributed by atoms with Gasteiger partial charge in [-0.2, -0.15) is 0 Å². The lowest BCUT2D eigenvalue weighted by Crippen LogP contribution is -1.97. The zero-order valence-electron chi connectivity index (χ0n) is 6.05. The van der Waals surface area contributed by atoms with E-state index in [1.165, 1.54) is 5.56 Å². The Morgan fingerprint density at radius 2 is 2.27 bits per heavy atom. The summed E-state index contributed by atoms with van der Waals surface area (Å²) in [5.74, 6) is 0. The molecule has 0 aromatic carbocycles. The SMILES string of the molecule is Clc1ccc2c(n1)CCC=C2. The van der Waals surface area contributed by atoms with Crippen molar-refractivity contribution >= 4 is 17.7 Å². The minimum atomic E-state index is 0.596. The molecule has 0 N–H and O–H groups in total. The summed E-state index contributed by atoms with van der Waals surface area (Å²) in [5.41, 5.74) is 2.33. The van der Waals surface area contributed by atoms with Crippen molar-refractivity contribution in [3.05, 3.63) is 34.6 Å². The standard InChI is InChI=1S/C9H8ClN/c10-9-6-5-7-3-1-2-4-8(7)11-9/h1,3,5-6H,2,4H2. The molecule has 0 aliphatic heterocycles. The van der Waals surface area contributed by atoms with Gasteiger partial charge in [0.25, 0.3) is 0 Å². The van der Waals surface area contributed by atoms with Crippen LogP contribution in [-0.4, -0.2) is 4.98 Å². The Kier molecular flexibility index (Phi) is 1.66. The van der Waals surface area contributed by atoms with Crippen LogP contribution < -0.4 is 0 Å². The first kappa shape index (κ1) is 6.86. The third-order valence-corrected chi connectivity index (χ3v) is 2.03. The molecule has 0 spiro atoms. The molecule has 1 aliphatic carbocycles. The van der Waals surface area contributed by atoms with Crippen LogP contribution in [0.2, 0.25) is 5.15 Å². The summed E-state index contributed by atoms with van der Waals surface area (Å²) < 4.78 is 0. The van der Waals surface area contributed by atoms with Crippen LogP contribution in [-0.2, 0) is 6.42 Å². The third-order valence-electron chi connectivity index (χ3n) is 1.82. The maximum Gasteiger partial charge on any atom is 0.129 e. The highest BCUT2D eigenvalue weighted by Crippen LogP contribution is 2.18. The van der Waals surface area contributed by atoms with Gasteiger partial charge in [-0.15, -0.1) is 0 Å². The molecule has 56 valence electrons. The molecule has 1 heterocycles. The van der Waals surface area contributed by atoms with E-state index in [0.717, 1.165) is 18.5 Å². The van der Waals surface area contributed by atoms with E-state index in [2.05, 4.69) is 17.1 Å². The lowest BCUT2D eigenvalue weighted by atomic mass is 10.0. The number of aromatic nitrogens is 1. The zero-order valence-corrected chi connectivity index (χ0v) is 6.80. The van der Waals surface area contributed by atoms with Crippen LogP contribution in [0, 0.1) is 0 Å². The van der Waals surface area contributed by atoms with Crippen LogP contribution in [0.5, 0.6) is 0 Å². The van der Waals surface area contributed by atoms with E-state index >= 15 is 0 Å². The summed E-state index contributed by atoms with van der Waals surface area (Å²) in [4.78, 5) is 4.23. The number of pyridine rings is 1. The van der Waals surface area contributed by atoms with Gasteiger partial charge in [0.05, 0.1) is 0 Å². The lowest BCUT2D eigenvalue weighted by molar-refractivity contribution is 0.927. The van der Waals surface area contributed by atoms with Crippen LogP contribution in [0.3, 0.4) is 0 Å². The summed E-state index contributed by atoms with van der Waals surface area (Å²) in [6.45, 7) is 0. The number of fused-ring (bicyclic) bond motifs is 1. The monoisotopic (exact) mass is 165 g/mol. The van der Waals surface area contributed by atoms with Gasteiger partial charge in [-0.1, -0.05) is 29.8 Å². The molecule has 0 bridgehead atoms. The van der Waals surface area contributed by atoms with Crippen LogP contribution in [0.15, 0.2) is 18.2 Å². The molecule has 1 nitrogen and oxygen atoms in total. The van der Waals surface area contributed by atoms with Gasteiger partial charge in [0.15, 0.2) is 0 Å². The van der Waals surface area contributed by atoms with Gasteiger partial charge >= 0.3 is 0 Å². The van der Waals surface area contributed by atoms with Crippen molar-refractivity contribution in [3.63, 3.8) is 0 Å². The van der Waals surface area contributed by atoms with Gasteiger partial charge in [-0.05, 0) is 24.5 Å². The predicted molar refractivity (Wildman–Crippen MR) is 46.6 cm³/mol. The first-order valence-corrected chi connectivity index (χ1v) is 4.06. The highest BCUT2D eigenvalue weighted by Gasteiger charge is 2.04. The lowest BCUT2D eigenvalue weighted by Gasteiger charge is -2.07. The molecule has 11 heavy (non-hydrogen) atoms. The van der Waals surface area contributed by atoms with Crippen molar-refractivity contribution in [1.82, 2.24) is 4.98 Å². The molecule has 2 heteroatoms. The van der Waals surface area contributed by atoms with Crippen molar-refractivity contribution in [2.75, 3.05) is 0 Å². The van der Waals surface area contributed by atoms with Gasteiger partial charge in [-0.3, -0.25) is 0 Å². The molecular formula is C9H8ClN. The Bertz CT molecular complexity index is 304. The Hall–Kier alpha value is -0.820. The van der Waals surface area contributed by atoms with Crippen LogP contribution >= 0.6 is 11.6 Å². The summed E-state index contributed by atoms with van der Waals surface area (Å²) in [7, 11) is 0. The van der Waals surface area contributed by atoms with Gasteiger partial charge in [0, 0.05) is 5.69 Å². The van der Waals surface area contributed by atoms with E-state index < -0.39 is 0 Å². The van der Waals surface area contributed by atoms with Crippen LogP contribution in [0.4, 0.5) is 0 Å². The second-order valence-corrected chi connectivity index (χ2v) is 3.00. The third kappa shape index (κ3) is 1.29. The maximum atomic E-state index is 5.74. The molecule has 0 atom stereocenters. The van der Waals surface area contributed by atoms with E-state index in [1.807, 2.05) is 12.1 Å². The number of nitrogens with zero attached hydrogens (tertiary/aromatic N) is 1. The van der Waals surface area contributed by atoms with Crippen molar-refractivity contribution in [1.29, 1.82) is 0 Å². The summed E-state index contributed by atoms with van der Waals surface area (Å²) >= 11 is 5.74. The van der Waals surface area contributed by atoms with Crippen molar-refractivity contribution < 1.29 is 0 Å². The number of hydrogen-bond donors (Lipinski definition) is 0. The average Bonchev–Trinajstić information content (AvgIpc) is 2.04. The van der Waals surface area contributed by atoms with E-state index in [4.69, 9.17) is 11.6 Å². The molecule has 2 rings (SSSR count). The van der Waals surface area contributed by atoms with Crippen molar-refractivity contribution in [3.8, 4) is 0 Å². The molecule has 0 saturated heterocycles. The van der Waals surface area contributed by atoms with E-state index in [1.54, 1.807) is 0 Å². The predicted octanol–water partition coefficient (Wildman–Crippen LogP) is 2.69. The Balaban J connectivity index is 2.53. The molecule has 0 radical (unpaired) electrons. The molecular weight excluding hydrogens is 158 g/mol. The Morgan fingerprint density at radius 3 is 3.18 bits per heavy atom. The molecule has 0 amide bonds. The normalized spacial score (nSPS) is 14.6. The quantitative estimate of drug-likeness (QED) is 0.539. The number of halogens is 1. The van der Waals surface area contributed by atoms with E-state index in [9.17, 15) is 0 Å². The molecule has 0 fully saturated rings. The van der Waals surface area contributed by atoms with Gasteiger partial charge < -0.3 is 0 Å². The molecule has 1 aromatic rings. The van der Waals surface area contributed by atoms with Crippen LogP contribution in [0.1, 0.15) is 17.7 Å². The maximum absolute atomic E-state index is 5.74. The molecule has 0 unspecified atom stereocenters. The summed E-state index contributed by atoms with van der Waals surface area (Å²) in [6, 6.07) is 3.84. The Morgan fingerprint density at radius 1 is 1.36 bits per heavy atom. The first-order chi connectivity index (χ1) is 5.36. The fourth-order valence-corrected chi connectivity index (χ4v) is 1.43. The van der Waals surface area contributed by atoms with Gasteiger partial charge in [0.2, 0.25) is 0 Å². The smallest absolute Gasteiger partial charge is 0.129 e. The molecule has 0 saturated carbocycles. The van der Waals surface area contributed by atoms with E-state index in [0.29, 0.717) is 5.15 Å². The fraction of sp³-hybridized carbons (Fsp3) is 0.222. The number of rotatable bonds is 0. The highest BCUT2D eigenvalue weighted by molar-refractivity contribution is 6.29. The fourth-order valence-electron chi connectivity index (χ4n) is 1.27. The number of hydrogen-bond acceptors (Lipinski definition) is 1. The zero-order chi connectivity index (χ0) is 7.68. The average molecular weight is 166 g/mol. The van der Waals surface area contributed by atoms with E-state index in [-0.39, 0.29) is 0 Å².